The zero-order valence-electron chi connectivity index (χ0n) is 11.4. The summed E-state index contributed by atoms with van der Waals surface area (Å²) >= 11 is 0. The third-order valence-electron chi connectivity index (χ3n) is 3.07. The van der Waals surface area contributed by atoms with Crippen LogP contribution in [0.25, 0.3) is 0 Å². The third-order valence-corrected chi connectivity index (χ3v) is 4.10. The maximum Gasteiger partial charge on any atom is 0.299 e. The monoisotopic (exact) mass is 283 g/mol. The molecule has 5 nitrogen and oxygen atoms in total. The van der Waals surface area contributed by atoms with Gasteiger partial charge in [0.1, 0.15) is 0 Å². The molecule has 6 heteroatoms. The van der Waals surface area contributed by atoms with Crippen molar-refractivity contribution in [1.29, 1.82) is 0 Å². The Kier molecular flexibility index (Phi) is 4.44. The third kappa shape index (κ3) is 3.92. The Hall–Kier alpha value is -1.11. The standard InChI is InChI=1S/C13H21N3O2S/c1-10(2)8-15-19(17,18)16-13-5-3-4-11-9-14-7-6-12(11)13/h3-5,10,14-16H,6-9H2,1-2H3. The van der Waals surface area contributed by atoms with Crippen molar-refractivity contribution in [3.05, 3.63) is 29.3 Å². The van der Waals surface area contributed by atoms with E-state index in [1.807, 2.05) is 32.0 Å². The molecular weight excluding hydrogens is 262 g/mol. The fraction of sp³-hybridized carbons (Fsp3) is 0.538. The van der Waals surface area contributed by atoms with E-state index in [-0.39, 0.29) is 5.92 Å². The Bertz CT molecular complexity index is 541. The molecule has 106 valence electrons. The van der Waals surface area contributed by atoms with Crippen LogP contribution in [0.15, 0.2) is 18.2 Å². The first-order valence-corrected chi connectivity index (χ1v) is 8.05. The minimum atomic E-state index is -3.48. The van der Waals surface area contributed by atoms with Crippen LogP contribution < -0.4 is 14.8 Å². The van der Waals surface area contributed by atoms with Crippen LogP contribution in [0.3, 0.4) is 0 Å². The summed E-state index contributed by atoms with van der Waals surface area (Å²) in [6, 6.07) is 5.73. The summed E-state index contributed by atoms with van der Waals surface area (Å²) < 4.78 is 29.1. The SMILES string of the molecule is CC(C)CNS(=O)(=O)Nc1cccc2c1CCNC2. The van der Waals surface area contributed by atoms with Crippen molar-refractivity contribution >= 4 is 15.9 Å². The smallest absolute Gasteiger partial charge is 0.299 e. The molecule has 1 aromatic carbocycles. The molecule has 0 saturated carbocycles. The second-order valence-corrected chi connectivity index (χ2v) is 6.72. The molecule has 1 aromatic rings. The predicted molar refractivity (Wildman–Crippen MR) is 77.2 cm³/mol. The van der Waals surface area contributed by atoms with Crippen molar-refractivity contribution in [2.24, 2.45) is 5.92 Å². The number of hydrogen-bond acceptors (Lipinski definition) is 3. The van der Waals surface area contributed by atoms with E-state index in [9.17, 15) is 8.42 Å². The minimum absolute atomic E-state index is 0.283. The van der Waals surface area contributed by atoms with E-state index < -0.39 is 10.2 Å². The number of fused-ring (bicyclic) bond motifs is 1. The topological polar surface area (TPSA) is 70.2 Å². The van der Waals surface area contributed by atoms with Gasteiger partial charge in [0.15, 0.2) is 0 Å². The molecule has 1 aliphatic rings. The summed E-state index contributed by atoms with van der Waals surface area (Å²) in [6.07, 6.45) is 0.845. The van der Waals surface area contributed by atoms with Gasteiger partial charge in [0.05, 0.1) is 5.69 Å². The maximum atomic E-state index is 12.0. The van der Waals surface area contributed by atoms with Gasteiger partial charge in [-0.2, -0.15) is 13.1 Å². The Morgan fingerprint density at radius 2 is 2.16 bits per heavy atom. The van der Waals surface area contributed by atoms with Gasteiger partial charge in [0.25, 0.3) is 10.2 Å². The highest BCUT2D eigenvalue weighted by Gasteiger charge is 2.16. The molecule has 0 bridgehead atoms. The summed E-state index contributed by atoms with van der Waals surface area (Å²) in [7, 11) is -3.48. The number of benzene rings is 1. The van der Waals surface area contributed by atoms with E-state index in [0.29, 0.717) is 12.2 Å². The fourth-order valence-electron chi connectivity index (χ4n) is 2.08. The van der Waals surface area contributed by atoms with Crippen LogP contribution in [0.1, 0.15) is 25.0 Å². The number of nitrogens with one attached hydrogen (secondary N) is 3. The van der Waals surface area contributed by atoms with Crippen molar-refractivity contribution in [2.45, 2.75) is 26.8 Å². The highest BCUT2D eigenvalue weighted by molar-refractivity contribution is 7.90. The Morgan fingerprint density at radius 3 is 2.89 bits per heavy atom. The van der Waals surface area contributed by atoms with Gasteiger partial charge in [0, 0.05) is 13.1 Å². The summed E-state index contributed by atoms with van der Waals surface area (Å²) in [5.74, 6) is 0.283. The first-order chi connectivity index (χ1) is 8.98. The number of anilines is 1. The van der Waals surface area contributed by atoms with Crippen LogP contribution in [0.5, 0.6) is 0 Å². The molecule has 0 unspecified atom stereocenters. The molecule has 19 heavy (non-hydrogen) atoms. The molecule has 0 atom stereocenters. The van der Waals surface area contributed by atoms with Crippen molar-refractivity contribution < 1.29 is 8.42 Å². The summed E-state index contributed by atoms with van der Waals surface area (Å²) in [6.45, 7) is 6.05. The molecule has 0 spiro atoms. The zero-order chi connectivity index (χ0) is 13.9. The molecule has 0 amide bonds. The predicted octanol–water partition coefficient (Wildman–Crippen LogP) is 1.23. The average molecular weight is 283 g/mol. The lowest BCUT2D eigenvalue weighted by atomic mass is 9.99. The molecule has 0 radical (unpaired) electrons. The summed E-state index contributed by atoms with van der Waals surface area (Å²) in [4.78, 5) is 0. The lowest BCUT2D eigenvalue weighted by Gasteiger charge is -2.21. The average Bonchev–Trinajstić information content (AvgIpc) is 2.37. The van der Waals surface area contributed by atoms with Crippen LogP contribution in [-0.2, 0) is 23.2 Å². The molecule has 0 aliphatic carbocycles. The molecule has 0 fully saturated rings. The van der Waals surface area contributed by atoms with Gasteiger partial charge in [-0.05, 0) is 36.1 Å². The van der Waals surface area contributed by atoms with Gasteiger partial charge in [-0.1, -0.05) is 26.0 Å². The lowest BCUT2D eigenvalue weighted by Crippen LogP contribution is -2.34. The van der Waals surface area contributed by atoms with E-state index in [0.717, 1.165) is 30.6 Å². The number of hydrogen-bond donors (Lipinski definition) is 3. The van der Waals surface area contributed by atoms with Gasteiger partial charge in [-0.15, -0.1) is 0 Å². The van der Waals surface area contributed by atoms with Gasteiger partial charge in [-0.3, -0.25) is 4.72 Å². The molecule has 0 saturated heterocycles. The Balaban J connectivity index is 2.15. The van der Waals surface area contributed by atoms with E-state index >= 15 is 0 Å². The van der Waals surface area contributed by atoms with E-state index in [2.05, 4.69) is 14.8 Å². The van der Waals surface area contributed by atoms with Gasteiger partial charge in [-0.25, -0.2) is 0 Å². The van der Waals surface area contributed by atoms with E-state index in [1.54, 1.807) is 0 Å². The van der Waals surface area contributed by atoms with Crippen LogP contribution in [0, 0.1) is 5.92 Å². The summed E-state index contributed by atoms with van der Waals surface area (Å²) in [5.41, 5.74) is 2.95. The van der Waals surface area contributed by atoms with Gasteiger partial charge >= 0.3 is 0 Å². The normalized spacial score (nSPS) is 15.3. The molecule has 1 aliphatic heterocycles. The number of rotatable bonds is 5. The van der Waals surface area contributed by atoms with Gasteiger partial charge < -0.3 is 5.32 Å². The quantitative estimate of drug-likeness (QED) is 0.761. The molecular formula is C13H21N3O2S. The highest BCUT2D eigenvalue weighted by atomic mass is 32.2. The minimum Gasteiger partial charge on any atom is -0.312 e. The second-order valence-electron chi connectivity index (χ2n) is 5.22. The van der Waals surface area contributed by atoms with Crippen molar-refractivity contribution in [3.63, 3.8) is 0 Å². The van der Waals surface area contributed by atoms with Crippen LogP contribution >= 0.6 is 0 Å². The Labute approximate surface area is 115 Å². The van der Waals surface area contributed by atoms with E-state index in [4.69, 9.17) is 0 Å². The summed E-state index contributed by atoms with van der Waals surface area (Å²) in [5, 5.41) is 3.28. The van der Waals surface area contributed by atoms with Gasteiger partial charge in [0.2, 0.25) is 0 Å². The van der Waals surface area contributed by atoms with Crippen molar-refractivity contribution in [3.8, 4) is 0 Å². The molecule has 3 N–H and O–H groups in total. The molecule has 0 aromatic heterocycles. The van der Waals surface area contributed by atoms with Crippen molar-refractivity contribution in [1.82, 2.24) is 10.0 Å². The van der Waals surface area contributed by atoms with Crippen LogP contribution in [0.2, 0.25) is 0 Å². The second kappa shape index (κ2) is 5.90. The fourth-order valence-corrected chi connectivity index (χ4v) is 3.19. The largest absolute Gasteiger partial charge is 0.312 e. The maximum absolute atomic E-state index is 12.0. The van der Waals surface area contributed by atoms with E-state index in [1.165, 1.54) is 0 Å². The first-order valence-electron chi connectivity index (χ1n) is 6.57. The lowest BCUT2D eigenvalue weighted by molar-refractivity contribution is 0.564. The van der Waals surface area contributed by atoms with Crippen LogP contribution in [0.4, 0.5) is 5.69 Å². The zero-order valence-corrected chi connectivity index (χ0v) is 12.2. The first kappa shape index (κ1) is 14.3. The molecule has 2 rings (SSSR count). The van der Waals surface area contributed by atoms with Crippen molar-refractivity contribution in [2.75, 3.05) is 17.8 Å². The molecule has 1 heterocycles. The van der Waals surface area contributed by atoms with Crippen LogP contribution in [-0.4, -0.2) is 21.5 Å². The highest BCUT2D eigenvalue weighted by Crippen LogP contribution is 2.23. The Morgan fingerprint density at radius 1 is 1.37 bits per heavy atom.